The van der Waals surface area contributed by atoms with Crippen molar-refractivity contribution in [2.75, 3.05) is 25.0 Å². The molecule has 2 aromatic heterocycles. The van der Waals surface area contributed by atoms with Crippen molar-refractivity contribution in [3.63, 3.8) is 0 Å². The molecule has 0 radical (unpaired) electrons. The summed E-state index contributed by atoms with van der Waals surface area (Å²) in [6.45, 7) is 5.52. The zero-order valence-electron chi connectivity index (χ0n) is 16.9. The molecule has 0 bridgehead atoms. The van der Waals surface area contributed by atoms with Crippen LogP contribution >= 0.6 is 11.6 Å². The highest BCUT2D eigenvalue weighted by molar-refractivity contribution is 6.31. The Morgan fingerprint density at radius 1 is 1.23 bits per heavy atom. The number of nitrogens with zero attached hydrogens (tertiary/aromatic N) is 3. The van der Waals surface area contributed by atoms with Crippen molar-refractivity contribution in [2.24, 2.45) is 0 Å². The monoisotopic (exact) mass is 426 g/mol. The van der Waals surface area contributed by atoms with Gasteiger partial charge >= 0.3 is 0 Å². The highest BCUT2D eigenvalue weighted by atomic mass is 35.5. The minimum atomic E-state index is -0.481. The summed E-state index contributed by atoms with van der Waals surface area (Å²) in [6, 6.07) is 9.07. The summed E-state index contributed by atoms with van der Waals surface area (Å²) in [7, 11) is 0. The number of Topliss-reactive ketones (excluding diaryl/α,β-unsaturated/α-hetero) is 1. The van der Waals surface area contributed by atoms with Gasteiger partial charge in [0.1, 0.15) is 18.3 Å². The normalized spacial score (nSPS) is 15.2. The third-order valence-corrected chi connectivity index (χ3v) is 5.48. The Balaban J connectivity index is 1.89. The average Bonchev–Trinajstić information content (AvgIpc) is 3.55. The summed E-state index contributed by atoms with van der Waals surface area (Å²) >= 11 is 6.27. The van der Waals surface area contributed by atoms with E-state index in [1.165, 1.54) is 0 Å². The van der Waals surface area contributed by atoms with E-state index in [2.05, 4.69) is 10.3 Å². The van der Waals surface area contributed by atoms with Crippen LogP contribution in [0.3, 0.4) is 0 Å². The Bertz CT molecular complexity index is 1090. The molecule has 30 heavy (non-hydrogen) atoms. The summed E-state index contributed by atoms with van der Waals surface area (Å²) in [5, 5.41) is 4.69. The van der Waals surface area contributed by atoms with Crippen molar-refractivity contribution in [3.05, 3.63) is 53.4 Å². The number of nitrogens with one attached hydrogen (secondary N) is 1. The molecule has 1 N–H and O–H groups in total. The van der Waals surface area contributed by atoms with Gasteiger partial charge in [0, 0.05) is 41.6 Å². The number of fused-ring (bicyclic) bond motifs is 1. The van der Waals surface area contributed by atoms with Gasteiger partial charge in [0.05, 0.1) is 17.8 Å². The number of likely N-dealkylation sites (N-methyl/N-ethyl adjacent to an activating group) is 1. The second kappa shape index (κ2) is 8.45. The number of hydrogen-bond acceptors (Lipinski definition) is 5. The lowest BCUT2D eigenvalue weighted by Crippen LogP contribution is -2.34. The van der Waals surface area contributed by atoms with Crippen LogP contribution in [0.2, 0.25) is 5.02 Å². The first-order valence-corrected chi connectivity index (χ1v) is 10.3. The number of ether oxygens (including phenoxy) is 1. The topological polar surface area (TPSA) is 79.8 Å². The third-order valence-electron chi connectivity index (χ3n) is 5.24. The first kappa shape index (κ1) is 20.4. The van der Waals surface area contributed by atoms with Crippen LogP contribution in [0.15, 0.2) is 42.7 Å². The van der Waals surface area contributed by atoms with Crippen molar-refractivity contribution in [1.29, 1.82) is 0 Å². The van der Waals surface area contributed by atoms with Crippen LogP contribution in [-0.2, 0) is 16.1 Å². The summed E-state index contributed by atoms with van der Waals surface area (Å²) in [4.78, 5) is 31.9. The zero-order chi connectivity index (χ0) is 21.3. The van der Waals surface area contributed by atoms with E-state index in [0.29, 0.717) is 36.1 Å². The number of carbonyl (C=O) groups is 2. The highest BCUT2D eigenvalue weighted by Crippen LogP contribution is 2.37. The second-order valence-corrected chi connectivity index (χ2v) is 7.52. The van der Waals surface area contributed by atoms with Gasteiger partial charge in [0.25, 0.3) is 0 Å². The first-order chi connectivity index (χ1) is 14.5. The van der Waals surface area contributed by atoms with Crippen molar-refractivity contribution in [1.82, 2.24) is 14.5 Å². The number of aromatic nitrogens is 2. The number of ketones is 1. The Hall–Kier alpha value is -2.90. The van der Waals surface area contributed by atoms with Gasteiger partial charge in [-0.15, -0.1) is 0 Å². The van der Waals surface area contributed by atoms with Gasteiger partial charge in [-0.1, -0.05) is 11.6 Å². The molecule has 1 aliphatic rings. The Morgan fingerprint density at radius 2 is 1.93 bits per heavy atom. The van der Waals surface area contributed by atoms with Crippen LogP contribution in [0.25, 0.3) is 10.9 Å². The van der Waals surface area contributed by atoms with Crippen molar-refractivity contribution < 1.29 is 14.3 Å². The van der Waals surface area contributed by atoms with Crippen molar-refractivity contribution in [2.45, 2.75) is 26.5 Å². The predicted molar refractivity (Wildman–Crippen MR) is 116 cm³/mol. The smallest absolute Gasteiger partial charge is 0.242 e. The van der Waals surface area contributed by atoms with Gasteiger partial charge in [-0.25, -0.2) is 0 Å². The molecule has 0 saturated carbocycles. The molecule has 3 heterocycles. The molecular weight excluding hydrogens is 404 g/mol. The summed E-state index contributed by atoms with van der Waals surface area (Å²) in [5.74, 6) is -0.204. The van der Waals surface area contributed by atoms with E-state index in [1.54, 1.807) is 34.0 Å². The molecule has 156 valence electrons. The molecule has 0 spiro atoms. The number of halogens is 1. The maximum Gasteiger partial charge on any atom is 0.242 e. The average molecular weight is 427 g/mol. The van der Waals surface area contributed by atoms with E-state index in [0.717, 1.165) is 16.6 Å². The second-order valence-electron chi connectivity index (χ2n) is 7.08. The molecule has 0 aliphatic carbocycles. The lowest BCUT2D eigenvalue weighted by molar-refractivity contribution is -0.131. The lowest BCUT2D eigenvalue weighted by atomic mass is 10.1. The number of anilines is 2. The van der Waals surface area contributed by atoms with E-state index in [-0.39, 0.29) is 18.2 Å². The van der Waals surface area contributed by atoms with Crippen LogP contribution in [0, 0.1) is 0 Å². The number of benzene rings is 1. The van der Waals surface area contributed by atoms with E-state index >= 15 is 0 Å². The van der Waals surface area contributed by atoms with Crippen LogP contribution in [0.1, 0.15) is 24.3 Å². The van der Waals surface area contributed by atoms with Gasteiger partial charge in [0.15, 0.2) is 0 Å². The van der Waals surface area contributed by atoms with E-state index in [4.69, 9.17) is 16.3 Å². The molecule has 1 aliphatic heterocycles. The van der Waals surface area contributed by atoms with Gasteiger partial charge < -0.3 is 19.5 Å². The first-order valence-electron chi connectivity index (χ1n) is 9.95. The van der Waals surface area contributed by atoms with Gasteiger partial charge in [-0.3, -0.25) is 14.6 Å². The Kier molecular flexibility index (Phi) is 5.74. The quantitative estimate of drug-likeness (QED) is 0.436. The minimum absolute atomic E-state index is 0.0460. The molecule has 7 nitrogen and oxygen atoms in total. The highest BCUT2D eigenvalue weighted by Gasteiger charge is 2.37. The molecule has 8 heteroatoms. The molecule has 1 unspecified atom stereocenters. The fraction of sp³-hybridized carbons (Fsp3) is 0.318. The SMILES string of the molecule is CCN(CC)C(=O)Cn1c(C(=O)C2CO2)c(Nc2ccncc2)c2ccc(Cl)cc21. The standard InChI is InChI=1S/C22H23ClN4O3/c1-3-26(4-2)19(28)12-27-17-11-14(23)5-6-16(17)20(21(27)22(29)18-13-30-18)25-15-7-9-24-10-8-15/h5-11,18H,3-4,12-13H2,1-2H3,(H,24,25). The summed E-state index contributed by atoms with van der Waals surface area (Å²) in [5.41, 5.74) is 2.58. The largest absolute Gasteiger partial charge is 0.364 e. The molecule has 1 saturated heterocycles. The molecule has 1 fully saturated rings. The number of carbonyl (C=O) groups excluding carboxylic acids is 2. The lowest BCUT2D eigenvalue weighted by Gasteiger charge is -2.20. The molecule has 1 aromatic carbocycles. The number of amides is 1. The zero-order valence-corrected chi connectivity index (χ0v) is 17.6. The molecule has 4 rings (SSSR count). The molecule has 1 amide bonds. The van der Waals surface area contributed by atoms with Crippen LogP contribution in [0.5, 0.6) is 0 Å². The number of epoxide rings is 1. The Labute approximate surface area is 179 Å². The molecule has 3 aromatic rings. The van der Waals surface area contributed by atoms with Crippen LogP contribution in [-0.4, -0.2) is 51.9 Å². The van der Waals surface area contributed by atoms with Crippen LogP contribution in [0.4, 0.5) is 11.4 Å². The number of pyridine rings is 1. The summed E-state index contributed by atoms with van der Waals surface area (Å²) in [6.07, 6.45) is 2.87. The predicted octanol–water partition coefficient (Wildman–Crippen LogP) is 3.88. The fourth-order valence-corrected chi connectivity index (χ4v) is 3.78. The van der Waals surface area contributed by atoms with Crippen molar-refractivity contribution in [3.8, 4) is 0 Å². The van der Waals surface area contributed by atoms with Gasteiger partial charge in [-0.2, -0.15) is 0 Å². The summed E-state index contributed by atoms with van der Waals surface area (Å²) < 4.78 is 7.04. The molecular formula is C22H23ClN4O3. The van der Waals surface area contributed by atoms with Gasteiger partial charge in [0.2, 0.25) is 11.7 Å². The van der Waals surface area contributed by atoms with E-state index < -0.39 is 6.10 Å². The molecule has 1 atom stereocenters. The van der Waals surface area contributed by atoms with Gasteiger partial charge in [-0.05, 0) is 44.2 Å². The van der Waals surface area contributed by atoms with E-state index in [1.807, 2.05) is 32.0 Å². The maximum atomic E-state index is 13.2. The maximum absolute atomic E-state index is 13.2. The fourth-order valence-electron chi connectivity index (χ4n) is 3.61. The van der Waals surface area contributed by atoms with Crippen LogP contribution < -0.4 is 5.32 Å². The number of rotatable bonds is 8. The Morgan fingerprint density at radius 3 is 2.57 bits per heavy atom. The number of hydrogen-bond donors (Lipinski definition) is 1. The van der Waals surface area contributed by atoms with Crippen molar-refractivity contribution >= 4 is 45.6 Å². The van der Waals surface area contributed by atoms with E-state index in [9.17, 15) is 9.59 Å². The minimum Gasteiger partial charge on any atom is -0.364 e. The third kappa shape index (κ3) is 3.91.